The molecule has 4 heterocycles. The predicted octanol–water partition coefficient (Wildman–Crippen LogP) is 4.87. The van der Waals surface area contributed by atoms with Gasteiger partial charge in [-0.2, -0.15) is 0 Å². The van der Waals surface area contributed by atoms with Gasteiger partial charge in [-0.15, -0.1) is 23.1 Å². The molecule has 0 spiro atoms. The number of thioether (sulfide) groups is 1. The van der Waals surface area contributed by atoms with Crippen molar-refractivity contribution in [2.75, 3.05) is 5.75 Å². The highest BCUT2D eigenvalue weighted by Gasteiger charge is 2.19. The molecular formula is C20H19N3O3S2. The number of carbonyl (C=O) groups excluding carboxylic acids is 1. The zero-order chi connectivity index (χ0) is 19.8. The Hall–Kier alpha value is -2.58. The van der Waals surface area contributed by atoms with Gasteiger partial charge in [0.15, 0.2) is 5.78 Å². The van der Waals surface area contributed by atoms with Gasteiger partial charge in [-0.25, -0.2) is 4.98 Å². The lowest BCUT2D eigenvalue weighted by Crippen LogP contribution is -2.13. The number of aryl methyl sites for hydroxylation is 2. The third-order valence-electron chi connectivity index (χ3n) is 4.55. The summed E-state index contributed by atoms with van der Waals surface area (Å²) >= 11 is 2.87. The van der Waals surface area contributed by atoms with Crippen LogP contribution in [0.5, 0.6) is 0 Å². The molecule has 4 rings (SSSR count). The summed E-state index contributed by atoms with van der Waals surface area (Å²) in [5, 5.41) is 2.30. The standard InChI is InChI=1S/C20H19N3O3S2/c1-10-7-13(11(2)21-10)15(24)9-27-12(3)18-22-19(25)17-14(8-28-20(17)23-18)16-5-4-6-26-16/h4-8,12,21H,9H2,1-3H3,(H,22,23,25). The van der Waals surface area contributed by atoms with E-state index >= 15 is 0 Å². The van der Waals surface area contributed by atoms with Crippen LogP contribution in [0.2, 0.25) is 0 Å². The Morgan fingerprint density at radius 1 is 1.36 bits per heavy atom. The number of hydrogen-bond acceptors (Lipinski definition) is 6. The van der Waals surface area contributed by atoms with Gasteiger partial charge in [0.05, 0.1) is 22.7 Å². The molecule has 1 unspecified atom stereocenters. The molecule has 144 valence electrons. The highest BCUT2D eigenvalue weighted by Crippen LogP contribution is 2.33. The maximum atomic E-state index is 12.7. The van der Waals surface area contributed by atoms with Crippen LogP contribution in [-0.4, -0.2) is 26.5 Å². The third-order valence-corrected chi connectivity index (χ3v) is 6.57. The summed E-state index contributed by atoms with van der Waals surface area (Å²) in [6, 6.07) is 5.48. The van der Waals surface area contributed by atoms with E-state index in [2.05, 4.69) is 15.0 Å². The van der Waals surface area contributed by atoms with Crippen molar-refractivity contribution in [3.05, 3.63) is 63.0 Å². The normalized spacial score (nSPS) is 12.5. The summed E-state index contributed by atoms with van der Waals surface area (Å²) in [5.74, 6) is 1.61. The van der Waals surface area contributed by atoms with Crippen LogP contribution < -0.4 is 5.56 Å². The maximum absolute atomic E-state index is 12.7. The molecule has 28 heavy (non-hydrogen) atoms. The van der Waals surface area contributed by atoms with Crippen molar-refractivity contribution in [3.8, 4) is 11.3 Å². The number of thiophene rings is 1. The van der Waals surface area contributed by atoms with Crippen LogP contribution in [0.15, 0.2) is 39.1 Å². The lowest BCUT2D eigenvalue weighted by molar-refractivity contribution is 0.102. The molecule has 0 bridgehead atoms. The molecule has 0 fully saturated rings. The van der Waals surface area contributed by atoms with Crippen molar-refractivity contribution in [3.63, 3.8) is 0 Å². The van der Waals surface area contributed by atoms with Crippen LogP contribution in [0.25, 0.3) is 21.5 Å². The van der Waals surface area contributed by atoms with Gasteiger partial charge in [-0.1, -0.05) is 0 Å². The fourth-order valence-corrected chi connectivity index (χ4v) is 4.90. The van der Waals surface area contributed by atoms with Crippen LogP contribution in [0, 0.1) is 13.8 Å². The fraction of sp³-hybridized carbons (Fsp3) is 0.250. The van der Waals surface area contributed by atoms with Gasteiger partial charge in [-0.3, -0.25) is 9.59 Å². The number of fused-ring (bicyclic) bond motifs is 1. The van der Waals surface area contributed by atoms with Crippen molar-refractivity contribution in [1.29, 1.82) is 0 Å². The third kappa shape index (κ3) is 3.45. The number of aromatic amines is 2. The zero-order valence-corrected chi connectivity index (χ0v) is 17.3. The highest BCUT2D eigenvalue weighted by atomic mass is 32.2. The topological polar surface area (TPSA) is 91.8 Å². The Morgan fingerprint density at radius 2 is 2.18 bits per heavy atom. The first kappa shape index (κ1) is 18.8. The van der Waals surface area contributed by atoms with Gasteiger partial charge in [0.2, 0.25) is 0 Å². The van der Waals surface area contributed by atoms with Crippen LogP contribution in [0.1, 0.15) is 39.7 Å². The van der Waals surface area contributed by atoms with Crippen LogP contribution >= 0.6 is 23.1 Å². The smallest absolute Gasteiger partial charge is 0.260 e. The van der Waals surface area contributed by atoms with E-state index in [1.54, 1.807) is 12.3 Å². The number of furan rings is 1. The summed E-state index contributed by atoms with van der Waals surface area (Å²) in [6.45, 7) is 5.77. The molecule has 0 aliphatic rings. The average Bonchev–Trinajstić information content (AvgIpc) is 3.38. The molecule has 0 radical (unpaired) electrons. The molecule has 8 heteroatoms. The second-order valence-corrected chi connectivity index (χ2v) is 8.81. The summed E-state index contributed by atoms with van der Waals surface area (Å²) in [6.07, 6.45) is 1.58. The molecular weight excluding hydrogens is 394 g/mol. The van der Waals surface area contributed by atoms with Crippen LogP contribution in [0.4, 0.5) is 0 Å². The van der Waals surface area contributed by atoms with Crippen molar-refractivity contribution in [2.24, 2.45) is 0 Å². The molecule has 0 amide bonds. The Balaban J connectivity index is 1.55. The Kier molecular flexibility index (Phi) is 4.99. The minimum Gasteiger partial charge on any atom is -0.464 e. The molecule has 4 aromatic heterocycles. The van der Waals surface area contributed by atoms with Gasteiger partial charge < -0.3 is 14.4 Å². The van der Waals surface area contributed by atoms with Crippen LogP contribution in [-0.2, 0) is 0 Å². The first-order valence-electron chi connectivity index (χ1n) is 8.80. The fourth-order valence-electron chi connectivity index (χ4n) is 3.14. The molecule has 0 aliphatic heterocycles. The molecule has 4 aromatic rings. The summed E-state index contributed by atoms with van der Waals surface area (Å²) in [4.78, 5) is 36.5. The molecule has 0 aliphatic carbocycles. The summed E-state index contributed by atoms with van der Waals surface area (Å²) < 4.78 is 5.42. The van der Waals surface area contributed by atoms with E-state index in [0.29, 0.717) is 27.6 Å². The molecule has 1 atom stereocenters. The minimum absolute atomic E-state index is 0.0679. The van der Waals surface area contributed by atoms with E-state index in [1.165, 1.54) is 23.1 Å². The van der Waals surface area contributed by atoms with Crippen molar-refractivity contribution < 1.29 is 9.21 Å². The summed E-state index contributed by atoms with van der Waals surface area (Å²) in [5.41, 5.74) is 3.13. The monoisotopic (exact) mass is 413 g/mol. The lowest BCUT2D eigenvalue weighted by Gasteiger charge is -2.10. The molecule has 0 saturated carbocycles. The van der Waals surface area contributed by atoms with E-state index in [9.17, 15) is 9.59 Å². The Bertz CT molecular complexity index is 1200. The van der Waals surface area contributed by atoms with Crippen molar-refractivity contribution in [1.82, 2.24) is 15.0 Å². The van der Waals surface area contributed by atoms with Gasteiger partial charge in [0, 0.05) is 27.9 Å². The molecule has 0 aromatic carbocycles. The van der Waals surface area contributed by atoms with E-state index in [4.69, 9.17) is 4.42 Å². The first-order valence-corrected chi connectivity index (χ1v) is 10.7. The zero-order valence-electron chi connectivity index (χ0n) is 15.7. The van der Waals surface area contributed by atoms with Gasteiger partial charge >= 0.3 is 0 Å². The van der Waals surface area contributed by atoms with E-state index in [0.717, 1.165) is 22.5 Å². The largest absolute Gasteiger partial charge is 0.464 e. The van der Waals surface area contributed by atoms with E-state index in [-0.39, 0.29) is 16.6 Å². The molecule has 0 saturated heterocycles. The number of carbonyl (C=O) groups is 1. The van der Waals surface area contributed by atoms with Crippen LogP contribution in [0.3, 0.4) is 0 Å². The van der Waals surface area contributed by atoms with E-state index < -0.39 is 0 Å². The van der Waals surface area contributed by atoms with E-state index in [1.807, 2.05) is 38.3 Å². The van der Waals surface area contributed by atoms with Crippen molar-refractivity contribution in [2.45, 2.75) is 26.0 Å². The number of nitrogens with zero attached hydrogens (tertiary/aromatic N) is 1. The highest BCUT2D eigenvalue weighted by molar-refractivity contribution is 8.00. The SMILES string of the molecule is Cc1cc(C(=O)CSC(C)c2nc3scc(-c4ccco4)c3c(=O)[nH]2)c(C)[nH]1. The van der Waals surface area contributed by atoms with Crippen molar-refractivity contribution >= 4 is 39.1 Å². The molecule has 2 N–H and O–H groups in total. The number of H-pyrrole nitrogens is 2. The predicted molar refractivity (Wildman–Crippen MR) is 113 cm³/mol. The minimum atomic E-state index is -0.191. The Labute approximate surface area is 169 Å². The quantitative estimate of drug-likeness (QED) is 0.440. The van der Waals surface area contributed by atoms with Gasteiger partial charge in [0.1, 0.15) is 16.4 Å². The molecule has 6 nitrogen and oxygen atoms in total. The second-order valence-electron chi connectivity index (χ2n) is 6.63. The van der Waals surface area contributed by atoms with Gasteiger partial charge in [0.25, 0.3) is 5.56 Å². The number of nitrogens with one attached hydrogen (secondary N) is 2. The number of Topliss-reactive ketones (excluding diaryl/α,β-unsaturated/α-hetero) is 1. The summed E-state index contributed by atoms with van der Waals surface area (Å²) in [7, 11) is 0. The number of ketones is 1. The second kappa shape index (κ2) is 7.44. The first-order chi connectivity index (χ1) is 13.4. The number of rotatable bonds is 6. The average molecular weight is 414 g/mol. The number of aromatic nitrogens is 3. The maximum Gasteiger partial charge on any atom is 0.260 e. The van der Waals surface area contributed by atoms with Gasteiger partial charge in [-0.05, 0) is 39.0 Å². The Morgan fingerprint density at radius 3 is 2.86 bits per heavy atom. The number of hydrogen-bond donors (Lipinski definition) is 2. The lowest BCUT2D eigenvalue weighted by atomic mass is 10.2.